The molecule has 0 atom stereocenters. The molecule has 0 spiro atoms. The molecule has 1 saturated heterocycles. The smallest absolute Gasteiger partial charge is 0.254 e. The number of benzene rings is 1. The summed E-state index contributed by atoms with van der Waals surface area (Å²) in [4.78, 5) is 21.5. The average Bonchev–Trinajstić information content (AvgIpc) is 3.47. The zero-order chi connectivity index (χ0) is 21.8. The Morgan fingerprint density at radius 1 is 1.03 bits per heavy atom. The molecule has 2 aromatic heterocycles. The minimum absolute atomic E-state index is 0.0335. The minimum Gasteiger partial charge on any atom is -0.440 e. The van der Waals surface area contributed by atoms with Crippen LogP contribution in [0.2, 0.25) is 0 Å². The number of hydrogen-bond donors (Lipinski definition) is 1. The number of thiophene rings is 1. The second-order valence-corrected chi connectivity index (χ2v) is 9.62. The predicted molar refractivity (Wildman–Crippen MR) is 131 cm³/mol. The van der Waals surface area contributed by atoms with Crippen molar-refractivity contribution in [2.75, 3.05) is 18.0 Å². The SMILES string of the molecule is O=C(NCc1ccccc1)c1c(N=Cc2ccc(N3CCCCC3)o2)sc2c1CCCC2. The molecular formula is C26H29N3O2S. The number of fused-ring (bicyclic) bond motifs is 1. The van der Waals surface area contributed by atoms with Crippen LogP contribution in [0, 0.1) is 0 Å². The Kier molecular flexibility index (Phi) is 6.39. The highest BCUT2D eigenvalue weighted by Gasteiger charge is 2.25. The molecule has 1 aliphatic carbocycles. The van der Waals surface area contributed by atoms with E-state index >= 15 is 0 Å². The number of nitrogens with zero attached hydrogens (tertiary/aromatic N) is 2. The normalized spacial score (nSPS) is 16.3. The van der Waals surface area contributed by atoms with Gasteiger partial charge in [-0.15, -0.1) is 11.3 Å². The number of hydrogen-bond acceptors (Lipinski definition) is 5. The van der Waals surface area contributed by atoms with Gasteiger partial charge in [-0.05, 0) is 62.1 Å². The molecule has 1 aliphatic heterocycles. The van der Waals surface area contributed by atoms with Crippen LogP contribution in [0.5, 0.6) is 0 Å². The van der Waals surface area contributed by atoms with Gasteiger partial charge in [-0.25, -0.2) is 4.99 Å². The van der Waals surface area contributed by atoms with Crippen LogP contribution in [0.1, 0.15) is 64.2 Å². The quantitative estimate of drug-likeness (QED) is 0.479. The highest BCUT2D eigenvalue weighted by Crippen LogP contribution is 2.40. The topological polar surface area (TPSA) is 57.8 Å². The van der Waals surface area contributed by atoms with Gasteiger partial charge in [0.05, 0.1) is 11.8 Å². The van der Waals surface area contributed by atoms with Crippen molar-refractivity contribution in [1.82, 2.24) is 5.32 Å². The Bertz CT molecular complexity index is 1090. The van der Waals surface area contributed by atoms with E-state index in [1.54, 1.807) is 17.6 Å². The van der Waals surface area contributed by atoms with Gasteiger partial charge in [0.15, 0.2) is 5.88 Å². The van der Waals surface area contributed by atoms with Crippen LogP contribution in [0.15, 0.2) is 51.9 Å². The molecule has 32 heavy (non-hydrogen) atoms. The van der Waals surface area contributed by atoms with Gasteiger partial charge in [-0.2, -0.15) is 0 Å². The van der Waals surface area contributed by atoms with Gasteiger partial charge < -0.3 is 14.6 Å². The van der Waals surface area contributed by atoms with Crippen LogP contribution < -0.4 is 10.2 Å². The van der Waals surface area contributed by atoms with E-state index in [1.807, 2.05) is 42.5 Å². The van der Waals surface area contributed by atoms with Crippen molar-refractivity contribution in [3.05, 3.63) is 69.8 Å². The monoisotopic (exact) mass is 447 g/mol. The summed E-state index contributed by atoms with van der Waals surface area (Å²) >= 11 is 1.66. The zero-order valence-corrected chi connectivity index (χ0v) is 19.1. The molecule has 6 heteroatoms. The van der Waals surface area contributed by atoms with Crippen molar-refractivity contribution < 1.29 is 9.21 Å². The van der Waals surface area contributed by atoms with Crippen molar-refractivity contribution in [2.45, 2.75) is 51.5 Å². The first-order valence-electron chi connectivity index (χ1n) is 11.6. The molecule has 5 nitrogen and oxygen atoms in total. The molecule has 2 aliphatic rings. The summed E-state index contributed by atoms with van der Waals surface area (Å²) in [6, 6.07) is 14.0. The van der Waals surface area contributed by atoms with Crippen molar-refractivity contribution in [3.8, 4) is 0 Å². The van der Waals surface area contributed by atoms with Crippen LogP contribution in [-0.4, -0.2) is 25.2 Å². The van der Waals surface area contributed by atoms with Gasteiger partial charge in [0.25, 0.3) is 5.91 Å². The van der Waals surface area contributed by atoms with E-state index in [0.717, 1.165) is 60.1 Å². The lowest BCUT2D eigenvalue weighted by molar-refractivity contribution is 0.0951. The molecule has 0 radical (unpaired) electrons. The number of furan rings is 1. The fourth-order valence-electron chi connectivity index (χ4n) is 4.56. The van der Waals surface area contributed by atoms with Gasteiger partial charge in [-0.3, -0.25) is 4.79 Å². The lowest BCUT2D eigenvalue weighted by Gasteiger charge is -2.25. The lowest BCUT2D eigenvalue weighted by atomic mass is 9.95. The molecule has 5 rings (SSSR count). The summed E-state index contributed by atoms with van der Waals surface area (Å²) in [5.74, 6) is 1.61. The molecular weight excluding hydrogens is 418 g/mol. The number of amides is 1. The second-order valence-electron chi connectivity index (χ2n) is 8.54. The van der Waals surface area contributed by atoms with Gasteiger partial charge in [-0.1, -0.05) is 30.3 Å². The maximum atomic E-state index is 13.2. The molecule has 1 aromatic carbocycles. The Labute approximate surface area is 193 Å². The van der Waals surface area contributed by atoms with E-state index in [1.165, 1.54) is 36.1 Å². The number of piperidine rings is 1. The second kappa shape index (κ2) is 9.74. The van der Waals surface area contributed by atoms with Gasteiger partial charge >= 0.3 is 0 Å². The Morgan fingerprint density at radius 2 is 1.84 bits per heavy atom. The first kappa shape index (κ1) is 21.0. The van der Waals surface area contributed by atoms with E-state index in [4.69, 9.17) is 9.41 Å². The third kappa shape index (κ3) is 4.65. The molecule has 1 fully saturated rings. The summed E-state index contributed by atoms with van der Waals surface area (Å²) in [5.41, 5.74) is 3.03. The molecule has 0 saturated carbocycles. The van der Waals surface area contributed by atoms with Gasteiger partial charge in [0, 0.05) is 30.6 Å². The Hall–Kier alpha value is -2.86. The number of aryl methyl sites for hydroxylation is 1. The van der Waals surface area contributed by atoms with Crippen LogP contribution in [0.25, 0.3) is 0 Å². The zero-order valence-electron chi connectivity index (χ0n) is 18.3. The molecule has 1 N–H and O–H groups in total. The van der Waals surface area contributed by atoms with Gasteiger partial charge in [0.2, 0.25) is 0 Å². The van der Waals surface area contributed by atoms with Crippen molar-refractivity contribution >= 4 is 34.3 Å². The van der Waals surface area contributed by atoms with Crippen molar-refractivity contribution in [3.63, 3.8) is 0 Å². The van der Waals surface area contributed by atoms with Crippen LogP contribution >= 0.6 is 11.3 Å². The first-order chi connectivity index (χ1) is 15.8. The fourth-order valence-corrected chi connectivity index (χ4v) is 5.79. The van der Waals surface area contributed by atoms with Crippen molar-refractivity contribution in [1.29, 1.82) is 0 Å². The number of rotatable bonds is 6. The molecule has 3 aromatic rings. The molecule has 1 amide bonds. The molecule has 0 unspecified atom stereocenters. The maximum Gasteiger partial charge on any atom is 0.254 e. The molecule has 166 valence electrons. The minimum atomic E-state index is -0.0335. The number of aliphatic imine (C=N–C) groups is 1. The first-order valence-corrected chi connectivity index (χ1v) is 12.4. The fraction of sp³-hybridized carbons (Fsp3) is 0.385. The Morgan fingerprint density at radius 3 is 2.69 bits per heavy atom. The number of carbonyl (C=O) groups is 1. The van der Waals surface area contributed by atoms with E-state index in [9.17, 15) is 4.79 Å². The van der Waals surface area contributed by atoms with Crippen molar-refractivity contribution in [2.24, 2.45) is 4.99 Å². The standard InChI is InChI=1S/C26H29N3O2S/c30-25(27-17-19-9-3-1-4-10-19)24-21-11-5-6-12-22(21)32-26(24)28-18-20-13-14-23(31-20)29-15-7-2-8-16-29/h1,3-4,9-10,13-14,18H,2,5-8,11-12,15-17H2,(H,27,30). The Balaban J connectivity index is 1.36. The third-order valence-corrected chi connectivity index (χ3v) is 7.46. The maximum absolute atomic E-state index is 13.2. The van der Waals surface area contributed by atoms with Gasteiger partial charge in [0.1, 0.15) is 10.8 Å². The number of nitrogens with one attached hydrogen (secondary N) is 1. The summed E-state index contributed by atoms with van der Waals surface area (Å²) in [7, 11) is 0. The summed E-state index contributed by atoms with van der Waals surface area (Å²) in [6.07, 6.45) is 9.78. The average molecular weight is 448 g/mol. The summed E-state index contributed by atoms with van der Waals surface area (Å²) in [6.45, 7) is 2.62. The number of carbonyl (C=O) groups excluding carboxylic acids is 1. The molecule has 3 heterocycles. The van der Waals surface area contributed by atoms with E-state index in [2.05, 4.69) is 10.2 Å². The van der Waals surface area contributed by atoms with Crippen LogP contribution in [0.3, 0.4) is 0 Å². The highest BCUT2D eigenvalue weighted by atomic mass is 32.1. The van der Waals surface area contributed by atoms with E-state index < -0.39 is 0 Å². The largest absolute Gasteiger partial charge is 0.440 e. The summed E-state index contributed by atoms with van der Waals surface area (Å²) in [5, 5.41) is 3.89. The third-order valence-electron chi connectivity index (χ3n) is 6.27. The summed E-state index contributed by atoms with van der Waals surface area (Å²) < 4.78 is 6.03. The predicted octanol–water partition coefficient (Wildman–Crippen LogP) is 5.89. The molecule has 0 bridgehead atoms. The van der Waals surface area contributed by atoms with Crippen LogP contribution in [0.4, 0.5) is 10.9 Å². The lowest BCUT2D eigenvalue weighted by Crippen LogP contribution is -2.28. The number of anilines is 1. The van der Waals surface area contributed by atoms with Crippen LogP contribution in [-0.2, 0) is 19.4 Å². The van der Waals surface area contributed by atoms with E-state index in [-0.39, 0.29) is 5.91 Å². The highest BCUT2D eigenvalue weighted by molar-refractivity contribution is 7.16. The van der Waals surface area contributed by atoms with E-state index in [0.29, 0.717) is 6.54 Å².